The minimum Gasteiger partial charge on any atom is -0.444 e. The Morgan fingerprint density at radius 2 is 2.07 bits per heavy atom. The summed E-state index contributed by atoms with van der Waals surface area (Å²) in [5.41, 5.74) is 0.997. The van der Waals surface area contributed by atoms with Crippen LogP contribution >= 0.6 is 11.3 Å². The van der Waals surface area contributed by atoms with Crippen LogP contribution in [0.15, 0.2) is 15.6 Å². The number of aromatic nitrogens is 2. The number of hydrogen-bond acceptors (Lipinski definition) is 6. The van der Waals surface area contributed by atoms with E-state index >= 15 is 0 Å². The first-order valence-electron chi connectivity index (χ1n) is 10.1. The predicted octanol–water partition coefficient (Wildman–Crippen LogP) is 3.02. The molecule has 0 bridgehead atoms. The standard InChI is InChI=1S/C20H32N6OS/c1-5-21-20(24-12-19-22-10-14(2)28-19)23-11-17-6-8-26(9-7-17)13-18-25-15(3)16(4)27-18/h10,17H,5-9,11-13H2,1-4H3,(H2,21,23,24). The quantitative estimate of drug-likeness (QED) is 0.546. The molecule has 1 fully saturated rings. The van der Waals surface area contributed by atoms with E-state index in [2.05, 4.69) is 44.3 Å². The summed E-state index contributed by atoms with van der Waals surface area (Å²) in [4.78, 5) is 17.2. The van der Waals surface area contributed by atoms with Gasteiger partial charge in [-0.05, 0) is 59.5 Å². The number of aryl methyl sites for hydroxylation is 3. The van der Waals surface area contributed by atoms with Crippen LogP contribution in [-0.4, -0.2) is 47.0 Å². The van der Waals surface area contributed by atoms with E-state index in [4.69, 9.17) is 4.42 Å². The summed E-state index contributed by atoms with van der Waals surface area (Å²) in [7, 11) is 0. The largest absolute Gasteiger partial charge is 0.444 e. The van der Waals surface area contributed by atoms with Crippen molar-refractivity contribution in [1.29, 1.82) is 0 Å². The van der Waals surface area contributed by atoms with E-state index in [1.165, 1.54) is 17.7 Å². The van der Waals surface area contributed by atoms with Gasteiger partial charge in [0, 0.05) is 24.2 Å². The summed E-state index contributed by atoms with van der Waals surface area (Å²) in [6.45, 7) is 13.6. The zero-order chi connectivity index (χ0) is 19.9. The van der Waals surface area contributed by atoms with Gasteiger partial charge in [0.2, 0.25) is 5.89 Å². The lowest BCUT2D eigenvalue weighted by molar-refractivity contribution is 0.164. The van der Waals surface area contributed by atoms with Gasteiger partial charge in [0.1, 0.15) is 10.8 Å². The maximum absolute atomic E-state index is 5.72. The van der Waals surface area contributed by atoms with Crippen LogP contribution in [0.2, 0.25) is 0 Å². The normalized spacial score (nSPS) is 16.5. The van der Waals surface area contributed by atoms with Crippen molar-refractivity contribution in [2.45, 2.75) is 53.6 Å². The molecule has 3 rings (SSSR count). The maximum Gasteiger partial charge on any atom is 0.208 e. The van der Waals surface area contributed by atoms with Crippen molar-refractivity contribution in [2.24, 2.45) is 10.9 Å². The van der Waals surface area contributed by atoms with Crippen LogP contribution in [0.25, 0.3) is 0 Å². The number of likely N-dealkylation sites (tertiary alicyclic amines) is 1. The number of rotatable bonds is 7. The molecule has 154 valence electrons. The molecule has 1 aliphatic rings. The summed E-state index contributed by atoms with van der Waals surface area (Å²) < 4.78 is 5.72. The molecule has 8 heteroatoms. The Hall–Kier alpha value is -1.93. The van der Waals surface area contributed by atoms with E-state index in [-0.39, 0.29) is 0 Å². The number of nitrogens with one attached hydrogen (secondary N) is 2. The summed E-state index contributed by atoms with van der Waals surface area (Å²) >= 11 is 1.71. The van der Waals surface area contributed by atoms with Crippen LogP contribution in [0, 0.1) is 26.7 Å². The third-order valence-corrected chi connectivity index (χ3v) is 5.98. The molecule has 1 aliphatic heterocycles. The molecule has 1 saturated heterocycles. The second-order valence-corrected chi connectivity index (χ2v) is 8.73. The smallest absolute Gasteiger partial charge is 0.208 e. The highest BCUT2D eigenvalue weighted by Gasteiger charge is 2.21. The van der Waals surface area contributed by atoms with Gasteiger partial charge in [-0.1, -0.05) is 0 Å². The SMILES string of the molecule is CCNC(=NCc1ncc(C)s1)NCC1CCN(Cc2nc(C)c(C)o2)CC1. The van der Waals surface area contributed by atoms with E-state index < -0.39 is 0 Å². The van der Waals surface area contributed by atoms with Gasteiger partial charge in [0.25, 0.3) is 0 Å². The number of piperidine rings is 1. The Labute approximate surface area is 171 Å². The molecule has 0 unspecified atom stereocenters. The molecule has 0 aromatic carbocycles. The summed E-state index contributed by atoms with van der Waals surface area (Å²) in [5, 5.41) is 7.90. The number of thiazole rings is 1. The molecule has 7 nitrogen and oxygen atoms in total. The van der Waals surface area contributed by atoms with Crippen LogP contribution in [0.1, 0.15) is 47.0 Å². The first kappa shape index (κ1) is 20.8. The zero-order valence-corrected chi connectivity index (χ0v) is 18.2. The van der Waals surface area contributed by atoms with E-state index in [0.717, 1.165) is 61.0 Å². The first-order chi connectivity index (χ1) is 13.5. The monoisotopic (exact) mass is 404 g/mol. The van der Waals surface area contributed by atoms with Crippen LogP contribution in [-0.2, 0) is 13.1 Å². The lowest BCUT2D eigenvalue weighted by Crippen LogP contribution is -2.42. The molecular weight excluding hydrogens is 372 g/mol. The van der Waals surface area contributed by atoms with Crippen molar-refractivity contribution in [2.75, 3.05) is 26.2 Å². The molecule has 2 aromatic heterocycles. The summed E-state index contributed by atoms with van der Waals surface area (Å²) in [5.74, 6) is 3.31. The molecule has 0 amide bonds. The van der Waals surface area contributed by atoms with Crippen molar-refractivity contribution >= 4 is 17.3 Å². The molecule has 2 N–H and O–H groups in total. The Kier molecular flexibility index (Phi) is 7.44. The van der Waals surface area contributed by atoms with Crippen LogP contribution in [0.4, 0.5) is 0 Å². The number of hydrogen-bond donors (Lipinski definition) is 2. The fourth-order valence-electron chi connectivity index (χ4n) is 3.35. The third kappa shape index (κ3) is 6.04. The van der Waals surface area contributed by atoms with E-state index in [0.29, 0.717) is 12.5 Å². The van der Waals surface area contributed by atoms with Crippen LogP contribution in [0.5, 0.6) is 0 Å². The highest BCUT2D eigenvalue weighted by atomic mass is 32.1. The molecule has 0 atom stereocenters. The lowest BCUT2D eigenvalue weighted by Gasteiger charge is -2.31. The number of aliphatic imine (C=N–C) groups is 1. The Morgan fingerprint density at radius 3 is 2.68 bits per heavy atom. The number of guanidine groups is 1. The molecule has 0 spiro atoms. The van der Waals surface area contributed by atoms with Gasteiger partial charge < -0.3 is 15.1 Å². The minimum atomic E-state index is 0.626. The molecule has 0 radical (unpaired) electrons. The Balaban J connectivity index is 1.42. The summed E-state index contributed by atoms with van der Waals surface area (Å²) in [6, 6.07) is 0. The van der Waals surface area contributed by atoms with Crippen molar-refractivity contribution < 1.29 is 4.42 Å². The van der Waals surface area contributed by atoms with Gasteiger partial charge in [0.05, 0.1) is 18.8 Å². The second kappa shape index (κ2) is 10.0. The summed E-state index contributed by atoms with van der Waals surface area (Å²) in [6.07, 6.45) is 4.26. The maximum atomic E-state index is 5.72. The zero-order valence-electron chi connectivity index (χ0n) is 17.4. The molecule has 28 heavy (non-hydrogen) atoms. The average Bonchev–Trinajstić information content (AvgIpc) is 3.23. The van der Waals surface area contributed by atoms with Gasteiger partial charge >= 0.3 is 0 Å². The topological polar surface area (TPSA) is 78.6 Å². The van der Waals surface area contributed by atoms with Crippen molar-refractivity contribution in [3.8, 4) is 0 Å². The number of oxazole rings is 1. The van der Waals surface area contributed by atoms with Crippen molar-refractivity contribution in [1.82, 2.24) is 25.5 Å². The van der Waals surface area contributed by atoms with Gasteiger partial charge in [0.15, 0.2) is 5.96 Å². The Bertz CT molecular complexity index is 756. The van der Waals surface area contributed by atoms with Crippen molar-refractivity contribution in [3.63, 3.8) is 0 Å². The molecule has 0 aliphatic carbocycles. The van der Waals surface area contributed by atoms with Gasteiger partial charge in [-0.25, -0.2) is 15.0 Å². The highest BCUT2D eigenvalue weighted by molar-refractivity contribution is 7.11. The molecule has 2 aromatic rings. The Morgan fingerprint density at radius 1 is 1.29 bits per heavy atom. The van der Waals surface area contributed by atoms with Gasteiger partial charge in [-0.3, -0.25) is 4.90 Å². The second-order valence-electron chi connectivity index (χ2n) is 7.41. The molecular formula is C20H32N6OS. The van der Waals surface area contributed by atoms with Crippen LogP contribution < -0.4 is 10.6 Å². The lowest BCUT2D eigenvalue weighted by atomic mass is 9.97. The van der Waals surface area contributed by atoms with E-state index in [1.807, 2.05) is 20.0 Å². The molecule has 3 heterocycles. The molecule has 0 saturated carbocycles. The number of nitrogens with zero attached hydrogens (tertiary/aromatic N) is 4. The minimum absolute atomic E-state index is 0.626. The van der Waals surface area contributed by atoms with Crippen molar-refractivity contribution in [3.05, 3.63) is 33.4 Å². The van der Waals surface area contributed by atoms with Crippen LogP contribution in [0.3, 0.4) is 0 Å². The third-order valence-electron chi connectivity index (χ3n) is 5.08. The fraction of sp³-hybridized carbons (Fsp3) is 0.650. The van der Waals surface area contributed by atoms with E-state index in [9.17, 15) is 0 Å². The average molecular weight is 405 g/mol. The van der Waals surface area contributed by atoms with Gasteiger partial charge in [-0.2, -0.15) is 0 Å². The van der Waals surface area contributed by atoms with Gasteiger partial charge in [-0.15, -0.1) is 11.3 Å². The first-order valence-corrected chi connectivity index (χ1v) is 10.9. The fourth-order valence-corrected chi connectivity index (χ4v) is 4.06. The van der Waals surface area contributed by atoms with E-state index in [1.54, 1.807) is 11.3 Å². The highest BCUT2D eigenvalue weighted by Crippen LogP contribution is 2.19. The predicted molar refractivity (Wildman–Crippen MR) is 114 cm³/mol.